The number of hydrogen-bond donors (Lipinski definition) is 1. The van der Waals surface area contributed by atoms with Crippen molar-refractivity contribution in [2.45, 2.75) is 51.2 Å². The van der Waals surface area contributed by atoms with E-state index in [9.17, 15) is 13.2 Å². The van der Waals surface area contributed by atoms with Gasteiger partial charge in [0.15, 0.2) is 0 Å². The van der Waals surface area contributed by atoms with Gasteiger partial charge in [-0.25, -0.2) is 0 Å². The van der Waals surface area contributed by atoms with Crippen molar-refractivity contribution >= 4 is 0 Å². The summed E-state index contributed by atoms with van der Waals surface area (Å²) in [6.07, 6.45) is -3.32. The summed E-state index contributed by atoms with van der Waals surface area (Å²) in [7, 11) is 0. The minimum atomic E-state index is -4.26. The number of hydrogen-bond acceptors (Lipinski definition) is 1. The van der Waals surface area contributed by atoms with E-state index in [0.717, 1.165) is 24.6 Å². The standard InChI is InChI=1S/C16H22F3N/c1-14(2,3)20-10-13-9-15(13,4)11-6-5-7-12(8-11)16(17,18)19/h5-8,13,20H,9-10H2,1-4H3. The van der Waals surface area contributed by atoms with E-state index in [4.69, 9.17) is 0 Å². The second-order valence-corrected chi connectivity index (χ2v) is 7.03. The van der Waals surface area contributed by atoms with Gasteiger partial charge in [-0.2, -0.15) is 13.2 Å². The third kappa shape index (κ3) is 3.35. The number of rotatable bonds is 3. The van der Waals surface area contributed by atoms with E-state index < -0.39 is 11.7 Å². The van der Waals surface area contributed by atoms with E-state index in [1.54, 1.807) is 0 Å². The van der Waals surface area contributed by atoms with Crippen LogP contribution < -0.4 is 5.32 Å². The maximum Gasteiger partial charge on any atom is 0.416 e. The van der Waals surface area contributed by atoms with Crippen molar-refractivity contribution in [1.29, 1.82) is 0 Å². The van der Waals surface area contributed by atoms with Crippen LogP contribution in [0.1, 0.15) is 45.2 Å². The lowest BCUT2D eigenvalue weighted by atomic mass is 9.93. The third-order valence-corrected chi connectivity index (χ3v) is 4.14. The number of alkyl halides is 3. The first-order chi connectivity index (χ1) is 9.02. The van der Waals surface area contributed by atoms with E-state index in [1.165, 1.54) is 12.1 Å². The molecule has 0 amide bonds. The van der Waals surface area contributed by atoms with Gasteiger partial charge in [0, 0.05) is 5.54 Å². The molecular weight excluding hydrogens is 263 g/mol. The molecule has 2 rings (SSSR count). The molecule has 1 aliphatic rings. The summed E-state index contributed by atoms with van der Waals surface area (Å²) >= 11 is 0. The summed E-state index contributed by atoms with van der Waals surface area (Å²) < 4.78 is 38.3. The maximum atomic E-state index is 12.8. The Labute approximate surface area is 118 Å². The highest BCUT2D eigenvalue weighted by atomic mass is 19.4. The molecular formula is C16H22F3N. The first-order valence-electron chi connectivity index (χ1n) is 6.95. The average Bonchev–Trinajstić information content (AvgIpc) is 2.98. The van der Waals surface area contributed by atoms with Crippen LogP contribution >= 0.6 is 0 Å². The normalized spacial score (nSPS) is 26.6. The van der Waals surface area contributed by atoms with Crippen LogP contribution in [0.4, 0.5) is 13.2 Å². The lowest BCUT2D eigenvalue weighted by Crippen LogP contribution is -2.37. The second-order valence-electron chi connectivity index (χ2n) is 7.03. The van der Waals surface area contributed by atoms with Gasteiger partial charge in [-0.05, 0) is 56.7 Å². The largest absolute Gasteiger partial charge is 0.416 e. The molecule has 0 radical (unpaired) electrons. The summed E-state index contributed by atoms with van der Waals surface area (Å²) in [6, 6.07) is 5.76. The SMILES string of the molecule is CC(C)(C)NCC1CC1(C)c1cccc(C(F)(F)F)c1. The summed E-state index contributed by atoms with van der Waals surface area (Å²) in [4.78, 5) is 0. The van der Waals surface area contributed by atoms with Crippen LogP contribution in [-0.4, -0.2) is 12.1 Å². The first-order valence-corrected chi connectivity index (χ1v) is 6.95. The summed E-state index contributed by atoms with van der Waals surface area (Å²) in [6.45, 7) is 9.18. The number of nitrogens with one attached hydrogen (secondary N) is 1. The van der Waals surface area contributed by atoms with Crippen molar-refractivity contribution in [3.8, 4) is 0 Å². The molecule has 4 heteroatoms. The van der Waals surface area contributed by atoms with Crippen molar-refractivity contribution in [3.63, 3.8) is 0 Å². The molecule has 0 spiro atoms. The van der Waals surface area contributed by atoms with Crippen LogP contribution in [0.3, 0.4) is 0 Å². The molecule has 1 aromatic rings. The molecule has 1 aliphatic carbocycles. The highest BCUT2D eigenvalue weighted by Crippen LogP contribution is 2.54. The van der Waals surface area contributed by atoms with Crippen LogP contribution in [0.25, 0.3) is 0 Å². The lowest BCUT2D eigenvalue weighted by Gasteiger charge is -2.22. The van der Waals surface area contributed by atoms with Gasteiger partial charge in [0.05, 0.1) is 5.56 Å². The Bertz CT molecular complexity index is 487. The molecule has 2 atom stereocenters. The molecule has 1 nitrogen and oxygen atoms in total. The molecule has 20 heavy (non-hydrogen) atoms. The Hall–Kier alpha value is -1.03. The predicted molar refractivity (Wildman–Crippen MR) is 74.7 cm³/mol. The molecule has 0 aromatic heterocycles. The van der Waals surface area contributed by atoms with Gasteiger partial charge in [0.25, 0.3) is 0 Å². The molecule has 0 saturated heterocycles. The van der Waals surface area contributed by atoms with Crippen LogP contribution in [0.5, 0.6) is 0 Å². The topological polar surface area (TPSA) is 12.0 Å². The van der Waals surface area contributed by atoms with Gasteiger partial charge in [-0.3, -0.25) is 0 Å². The van der Waals surface area contributed by atoms with E-state index in [1.807, 2.05) is 6.07 Å². The molecule has 0 heterocycles. The molecule has 112 valence electrons. The molecule has 2 unspecified atom stereocenters. The summed E-state index contributed by atoms with van der Waals surface area (Å²) in [5.74, 6) is 0.408. The molecule has 1 saturated carbocycles. The van der Waals surface area contributed by atoms with Crippen molar-refractivity contribution in [2.24, 2.45) is 5.92 Å². The fraction of sp³-hybridized carbons (Fsp3) is 0.625. The van der Waals surface area contributed by atoms with Crippen LogP contribution in [-0.2, 0) is 11.6 Å². The summed E-state index contributed by atoms with van der Waals surface area (Å²) in [5.41, 5.74) is 0.162. The minimum Gasteiger partial charge on any atom is -0.312 e. The Morgan fingerprint density at radius 1 is 1.25 bits per heavy atom. The van der Waals surface area contributed by atoms with E-state index in [2.05, 4.69) is 33.0 Å². The maximum absolute atomic E-state index is 12.8. The molecule has 1 N–H and O–H groups in total. The van der Waals surface area contributed by atoms with Crippen molar-refractivity contribution in [3.05, 3.63) is 35.4 Å². The molecule has 0 bridgehead atoms. The summed E-state index contributed by atoms with van der Waals surface area (Å²) in [5, 5.41) is 3.43. The number of halogens is 3. The van der Waals surface area contributed by atoms with E-state index >= 15 is 0 Å². The Morgan fingerprint density at radius 2 is 1.90 bits per heavy atom. The third-order valence-electron chi connectivity index (χ3n) is 4.14. The Kier molecular flexibility index (Phi) is 3.66. The molecule has 1 aromatic carbocycles. The smallest absolute Gasteiger partial charge is 0.312 e. The second kappa shape index (κ2) is 4.76. The fourth-order valence-corrected chi connectivity index (χ4v) is 2.58. The van der Waals surface area contributed by atoms with Crippen molar-refractivity contribution in [1.82, 2.24) is 5.32 Å². The van der Waals surface area contributed by atoms with E-state index in [0.29, 0.717) is 5.92 Å². The zero-order chi connectivity index (χ0) is 15.2. The quantitative estimate of drug-likeness (QED) is 0.869. The average molecular weight is 285 g/mol. The monoisotopic (exact) mass is 285 g/mol. The van der Waals surface area contributed by atoms with Gasteiger partial charge in [0.2, 0.25) is 0 Å². The van der Waals surface area contributed by atoms with Gasteiger partial charge >= 0.3 is 6.18 Å². The Morgan fingerprint density at radius 3 is 2.45 bits per heavy atom. The van der Waals surface area contributed by atoms with Gasteiger partial charge < -0.3 is 5.32 Å². The van der Waals surface area contributed by atoms with Gasteiger partial charge in [-0.15, -0.1) is 0 Å². The molecule has 1 fully saturated rings. The van der Waals surface area contributed by atoms with Crippen LogP contribution in [0.15, 0.2) is 24.3 Å². The highest BCUT2D eigenvalue weighted by molar-refractivity contribution is 5.36. The van der Waals surface area contributed by atoms with Crippen LogP contribution in [0.2, 0.25) is 0 Å². The van der Waals surface area contributed by atoms with Crippen molar-refractivity contribution < 1.29 is 13.2 Å². The van der Waals surface area contributed by atoms with Crippen LogP contribution in [0, 0.1) is 5.92 Å². The number of benzene rings is 1. The van der Waals surface area contributed by atoms with Gasteiger partial charge in [0.1, 0.15) is 0 Å². The Balaban J connectivity index is 2.10. The van der Waals surface area contributed by atoms with Gasteiger partial charge in [-0.1, -0.05) is 25.1 Å². The highest BCUT2D eigenvalue weighted by Gasteiger charge is 2.51. The van der Waals surface area contributed by atoms with Crippen molar-refractivity contribution in [2.75, 3.05) is 6.54 Å². The zero-order valence-corrected chi connectivity index (χ0v) is 12.4. The predicted octanol–water partition coefficient (Wildman–Crippen LogP) is 4.37. The minimum absolute atomic E-state index is 0.0390. The fourth-order valence-electron chi connectivity index (χ4n) is 2.58. The first kappa shape index (κ1) is 15.4. The van der Waals surface area contributed by atoms with E-state index in [-0.39, 0.29) is 11.0 Å². The lowest BCUT2D eigenvalue weighted by molar-refractivity contribution is -0.137. The molecule has 0 aliphatic heterocycles. The zero-order valence-electron chi connectivity index (χ0n) is 12.4.